The minimum absolute atomic E-state index is 0.0379. The van der Waals surface area contributed by atoms with Crippen LogP contribution in [0.15, 0.2) is 18.3 Å². The molecule has 0 atom stereocenters. The Morgan fingerprint density at radius 3 is 2.20 bits per heavy atom. The molecule has 3 fully saturated rings. The number of ether oxygens (including phenoxy) is 1. The molecule has 0 spiro atoms. The molecular formula is C24H38N4O2. The summed E-state index contributed by atoms with van der Waals surface area (Å²) in [6, 6.07) is 4.88. The fourth-order valence-corrected chi connectivity index (χ4v) is 5.09. The number of hydrogen-bond acceptors (Lipinski definition) is 5. The molecule has 6 heteroatoms. The van der Waals surface area contributed by atoms with Crippen LogP contribution in [0.25, 0.3) is 0 Å². The summed E-state index contributed by atoms with van der Waals surface area (Å²) >= 11 is 0. The van der Waals surface area contributed by atoms with Crippen LogP contribution in [-0.2, 0) is 4.74 Å². The molecule has 1 N–H and O–H groups in total. The summed E-state index contributed by atoms with van der Waals surface area (Å²) < 4.78 is 6.44. The number of anilines is 1. The zero-order valence-corrected chi connectivity index (χ0v) is 18.7. The normalized spacial score (nSPS) is 22.7. The average molecular weight is 415 g/mol. The first-order valence-electron chi connectivity index (χ1n) is 12.0. The number of hydrogen-bond donors (Lipinski definition) is 1. The summed E-state index contributed by atoms with van der Waals surface area (Å²) in [5.74, 6) is -0.0379. The molecule has 1 aromatic heterocycles. The molecule has 1 amide bonds. The lowest BCUT2D eigenvalue weighted by Crippen LogP contribution is -2.43. The lowest BCUT2D eigenvalue weighted by Gasteiger charge is -2.38. The molecule has 1 aromatic rings. The largest absolute Gasteiger partial charge is 0.375 e. The van der Waals surface area contributed by atoms with Crippen molar-refractivity contribution < 1.29 is 9.53 Å². The van der Waals surface area contributed by atoms with E-state index in [-0.39, 0.29) is 5.91 Å². The zero-order valence-electron chi connectivity index (χ0n) is 18.7. The molecule has 0 bridgehead atoms. The van der Waals surface area contributed by atoms with Crippen molar-refractivity contribution in [1.82, 2.24) is 15.2 Å². The number of amides is 1. The van der Waals surface area contributed by atoms with E-state index >= 15 is 0 Å². The Morgan fingerprint density at radius 2 is 1.63 bits per heavy atom. The molecule has 2 saturated heterocycles. The fourth-order valence-electron chi connectivity index (χ4n) is 5.09. The van der Waals surface area contributed by atoms with Crippen molar-refractivity contribution >= 4 is 11.6 Å². The van der Waals surface area contributed by atoms with Gasteiger partial charge in [0.25, 0.3) is 5.91 Å². The lowest BCUT2D eigenvalue weighted by atomic mass is 10.0. The molecule has 4 rings (SSSR count). The minimum Gasteiger partial charge on any atom is -0.375 e. The van der Waals surface area contributed by atoms with Crippen LogP contribution in [0.3, 0.4) is 0 Å². The minimum atomic E-state index is -0.0379. The number of carbonyl (C=O) groups is 1. The third-order valence-corrected chi connectivity index (χ3v) is 7.07. The molecule has 3 aliphatic rings. The molecule has 0 radical (unpaired) electrons. The van der Waals surface area contributed by atoms with Gasteiger partial charge in [-0.25, -0.2) is 4.98 Å². The van der Waals surface area contributed by atoms with E-state index in [0.29, 0.717) is 30.0 Å². The van der Waals surface area contributed by atoms with Gasteiger partial charge in [-0.2, -0.15) is 0 Å². The Balaban J connectivity index is 1.21. The van der Waals surface area contributed by atoms with Gasteiger partial charge in [0.15, 0.2) is 0 Å². The predicted molar refractivity (Wildman–Crippen MR) is 120 cm³/mol. The average Bonchev–Trinajstić information content (AvgIpc) is 3.28. The lowest BCUT2D eigenvalue weighted by molar-refractivity contribution is -0.0540. The van der Waals surface area contributed by atoms with Crippen molar-refractivity contribution in [3.8, 4) is 0 Å². The third-order valence-electron chi connectivity index (χ3n) is 7.07. The first-order chi connectivity index (χ1) is 14.6. The number of piperidine rings is 2. The quantitative estimate of drug-likeness (QED) is 0.771. The van der Waals surface area contributed by atoms with Crippen LogP contribution in [0.5, 0.6) is 0 Å². The Morgan fingerprint density at radius 1 is 1.00 bits per heavy atom. The molecule has 3 heterocycles. The number of likely N-dealkylation sites (tertiary alicyclic amines) is 1. The Bertz CT molecular complexity index is 671. The standard InChI is InChI=1S/C24H38N4O2/c1-18(2)27-13-9-21(10-14-27)30-22-11-15-28(16-12-22)20-7-8-23(25-17-20)24(29)26-19-5-3-4-6-19/h7-8,17-19,21-22H,3-6,9-16H2,1-2H3,(H,26,29). The molecule has 166 valence electrons. The molecule has 0 aromatic carbocycles. The zero-order chi connectivity index (χ0) is 20.9. The molecule has 2 aliphatic heterocycles. The predicted octanol–water partition coefficient (Wildman–Crippen LogP) is 3.61. The topological polar surface area (TPSA) is 57.7 Å². The fraction of sp³-hybridized carbons (Fsp3) is 0.750. The van der Waals surface area contributed by atoms with Crippen LogP contribution in [0.2, 0.25) is 0 Å². The summed E-state index contributed by atoms with van der Waals surface area (Å²) in [5.41, 5.74) is 1.63. The van der Waals surface area contributed by atoms with Crippen molar-refractivity contribution in [2.45, 2.75) is 89.5 Å². The summed E-state index contributed by atoms with van der Waals surface area (Å²) in [6.07, 6.45) is 11.7. The summed E-state index contributed by atoms with van der Waals surface area (Å²) in [5, 5.41) is 3.11. The van der Waals surface area contributed by atoms with Gasteiger partial charge in [0.05, 0.1) is 24.1 Å². The molecule has 0 unspecified atom stereocenters. The molecule has 30 heavy (non-hydrogen) atoms. The maximum Gasteiger partial charge on any atom is 0.270 e. The van der Waals surface area contributed by atoms with E-state index in [1.54, 1.807) is 0 Å². The van der Waals surface area contributed by atoms with Crippen LogP contribution >= 0.6 is 0 Å². The molecule has 1 saturated carbocycles. The van der Waals surface area contributed by atoms with Gasteiger partial charge in [0.2, 0.25) is 0 Å². The van der Waals surface area contributed by atoms with E-state index in [1.807, 2.05) is 18.3 Å². The SMILES string of the molecule is CC(C)N1CCC(OC2CCN(c3ccc(C(=O)NC4CCCC4)nc3)CC2)CC1. The van der Waals surface area contributed by atoms with Crippen LogP contribution in [-0.4, -0.2) is 66.3 Å². The number of pyridine rings is 1. The Labute approximate surface area is 181 Å². The highest BCUT2D eigenvalue weighted by Crippen LogP contribution is 2.25. The summed E-state index contributed by atoms with van der Waals surface area (Å²) in [7, 11) is 0. The monoisotopic (exact) mass is 414 g/mol. The van der Waals surface area contributed by atoms with Gasteiger partial charge in [-0.3, -0.25) is 4.79 Å². The van der Waals surface area contributed by atoms with Crippen LogP contribution in [0.4, 0.5) is 5.69 Å². The van der Waals surface area contributed by atoms with Crippen LogP contribution in [0.1, 0.15) is 75.7 Å². The highest BCUT2D eigenvalue weighted by Gasteiger charge is 2.27. The number of carbonyl (C=O) groups excluding carboxylic acids is 1. The van der Waals surface area contributed by atoms with Gasteiger partial charge in [0, 0.05) is 38.3 Å². The molecule has 6 nitrogen and oxygen atoms in total. The van der Waals surface area contributed by atoms with E-state index in [1.165, 1.54) is 12.8 Å². The second kappa shape index (κ2) is 10.1. The smallest absolute Gasteiger partial charge is 0.270 e. The summed E-state index contributed by atoms with van der Waals surface area (Å²) in [4.78, 5) is 21.7. The van der Waals surface area contributed by atoms with Crippen molar-refractivity contribution in [2.24, 2.45) is 0 Å². The first kappa shape index (κ1) is 21.6. The number of nitrogens with one attached hydrogen (secondary N) is 1. The van der Waals surface area contributed by atoms with Crippen molar-refractivity contribution in [3.05, 3.63) is 24.0 Å². The van der Waals surface area contributed by atoms with E-state index in [0.717, 1.165) is 70.4 Å². The van der Waals surface area contributed by atoms with Gasteiger partial charge in [0.1, 0.15) is 5.69 Å². The maximum atomic E-state index is 12.4. The van der Waals surface area contributed by atoms with Gasteiger partial charge in [-0.15, -0.1) is 0 Å². The number of nitrogens with zero attached hydrogens (tertiary/aromatic N) is 3. The van der Waals surface area contributed by atoms with Crippen LogP contribution in [0, 0.1) is 0 Å². The Kier molecular flexibility index (Phi) is 7.26. The van der Waals surface area contributed by atoms with Crippen molar-refractivity contribution in [1.29, 1.82) is 0 Å². The second-order valence-electron chi connectivity index (χ2n) is 9.51. The van der Waals surface area contributed by atoms with E-state index in [4.69, 9.17) is 4.74 Å². The number of rotatable bonds is 6. The van der Waals surface area contributed by atoms with E-state index < -0.39 is 0 Å². The van der Waals surface area contributed by atoms with Gasteiger partial charge >= 0.3 is 0 Å². The van der Waals surface area contributed by atoms with Gasteiger partial charge < -0.3 is 19.9 Å². The van der Waals surface area contributed by atoms with Crippen LogP contribution < -0.4 is 10.2 Å². The molecular weight excluding hydrogens is 376 g/mol. The second-order valence-corrected chi connectivity index (χ2v) is 9.51. The highest BCUT2D eigenvalue weighted by molar-refractivity contribution is 5.92. The maximum absolute atomic E-state index is 12.4. The van der Waals surface area contributed by atoms with E-state index in [9.17, 15) is 4.79 Å². The highest BCUT2D eigenvalue weighted by atomic mass is 16.5. The molecule has 1 aliphatic carbocycles. The first-order valence-corrected chi connectivity index (χ1v) is 12.0. The van der Waals surface area contributed by atoms with E-state index in [2.05, 4.69) is 33.9 Å². The van der Waals surface area contributed by atoms with Gasteiger partial charge in [-0.05, 0) is 64.5 Å². The summed E-state index contributed by atoms with van der Waals surface area (Å²) in [6.45, 7) is 8.86. The van der Waals surface area contributed by atoms with Gasteiger partial charge in [-0.1, -0.05) is 12.8 Å². The Hall–Kier alpha value is -1.66. The van der Waals surface area contributed by atoms with Crippen molar-refractivity contribution in [3.63, 3.8) is 0 Å². The number of aromatic nitrogens is 1. The van der Waals surface area contributed by atoms with Crippen molar-refractivity contribution in [2.75, 3.05) is 31.1 Å². The third kappa shape index (κ3) is 5.52.